The first-order valence-electron chi connectivity index (χ1n) is 23.9. The van der Waals surface area contributed by atoms with Gasteiger partial charge in [-0.05, 0) is 12.8 Å². The number of amides is 1. The standard InChI is InChI=1S/C45H89NO11S/c1-3-5-7-9-11-13-15-16-17-18-19-20-21-22-23-24-25-27-29-31-33-35-41(49)46-38(39(48)34-32-30-28-26-14-12-10-8-6-4-2)37-55-45-43(51)44(57-58(52,53)54)42(50)40(36-47)56-45/h38-40,42-45,47-48,50-51H,3-37H2,1-2H3,(H,46,49)(H,52,53,54). The van der Waals surface area contributed by atoms with Crippen LogP contribution >= 0.6 is 0 Å². The zero-order valence-electron chi connectivity index (χ0n) is 36.9. The van der Waals surface area contributed by atoms with Crippen molar-refractivity contribution in [3.8, 4) is 0 Å². The molecule has 0 aromatic heterocycles. The van der Waals surface area contributed by atoms with E-state index in [9.17, 15) is 38.2 Å². The van der Waals surface area contributed by atoms with Gasteiger partial charge < -0.3 is 35.2 Å². The zero-order valence-corrected chi connectivity index (χ0v) is 37.7. The Hall–Kier alpha value is -0.900. The molecule has 0 spiro atoms. The van der Waals surface area contributed by atoms with E-state index >= 15 is 0 Å². The molecule has 7 atom stereocenters. The highest BCUT2D eigenvalue weighted by Crippen LogP contribution is 2.26. The first kappa shape index (κ1) is 55.1. The summed E-state index contributed by atoms with van der Waals surface area (Å²) in [5.41, 5.74) is 0. The summed E-state index contributed by atoms with van der Waals surface area (Å²) in [6.07, 6.45) is 29.8. The SMILES string of the molecule is CCCCCCCCCCCCCCCCCCCCCCCC(=O)NC(COC1OC(CO)C(O)C(OS(=O)(=O)O)C1O)C(O)CCCCCCCCCCCC. The van der Waals surface area contributed by atoms with Crippen LogP contribution in [0.1, 0.15) is 226 Å². The number of aliphatic hydroxyl groups is 4. The molecule has 1 saturated heterocycles. The predicted molar refractivity (Wildman–Crippen MR) is 232 cm³/mol. The average molecular weight is 852 g/mol. The van der Waals surface area contributed by atoms with E-state index in [1.807, 2.05) is 0 Å². The lowest BCUT2D eigenvalue weighted by Crippen LogP contribution is -2.61. The van der Waals surface area contributed by atoms with Gasteiger partial charge in [-0.15, -0.1) is 0 Å². The van der Waals surface area contributed by atoms with Crippen molar-refractivity contribution in [1.82, 2.24) is 5.32 Å². The van der Waals surface area contributed by atoms with E-state index in [1.54, 1.807) is 0 Å². The van der Waals surface area contributed by atoms with Crippen LogP contribution in [-0.2, 0) is 28.9 Å². The molecule has 0 saturated carbocycles. The van der Waals surface area contributed by atoms with Crippen molar-refractivity contribution in [2.24, 2.45) is 0 Å². The zero-order chi connectivity index (χ0) is 42.7. The molecule has 0 bridgehead atoms. The molecule has 58 heavy (non-hydrogen) atoms. The first-order chi connectivity index (χ1) is 28.0. The Balaban J connectivity index is 2.38. The highest BCUT2D eigenvalue weighted by Gasteiger charge is 2.48. The van der Waals surface area contributed by atoms with Gasteiger partial charge in [-0.3, -0.25) is 9.35 Å². The molecule has 1 fully saturated rings. The molecule has 13 heteroatoms. The summed E-state index contributed by atoms with van der Waals surface area (Å²) < 4.78 is 47.6. The summed E-state index contributed by atoms with van der Waals surface area (Å²) in [7, 11) is -5.07. The van der Waals surface area contributed by atoms with E-state index in [-0.39, 0.29) is 12.5 Å². The second kappa shape index (κ2) is 36.7. The molecule has 1 aliphatic rings. The number of unbranched alkanes of at least 4 members (excludes halogenated alkanes) is 29. The van der Waals surface area contributed by atoms with Crippen LogP contribution in [0.2, 0.25) is 0 Å². The number of rotatable bonds is 41. The van der Waals surface area contributed by atoms with Crippen LogP contribution in [0.25, 0.3) is 0 Å². The molecule has 0 aromatic carbocycles. The van der Waals surface area contributed by atoms with Crippen LogP contribution in [0.15, 0.2) is 0 Å². The van der Waals surface area contributed by atoms with Gasteiger partial charge in [-0.25, -0.2) is 4.18 Å². The summed E-state index contributed by atoms with van der Waals surface area (Å²) in [4.78, 5) is 13.0. The number of carbonyl (C=O) groups excluding carboxylic acids is 1. The lowest BCUT2D eigenvalue weighted by molar-refractivity contribution is -0.298. The minimum atomic E-state index is -5.07. The van der Waals surface area contributed by atoms with E-state index in [0.29, 0.717) is 12.8 Å². The Morgan fingerprint density at radius 3 is 1.38 bits per heavy atom. The lowest BCUT2D eigenvalue weighted by Gasteiger charge is -2.41. The van der Waals surface area contributed by atoms with Gasteiger partial charge in [0.2, 0.25) is 5.91 Å². The fourth-order valence-corrected chi connectivity index (χ4v) is 8.44. The minimum Gasteiger partial charge on any atom is -0.394 e. The maximum absolute atomic E-state index is 13.0. The van der Waals surface area contributed by atoms with Gasteiger partial charge >= 0.3 is 10.4 Å². The molecular formula is C45H89NO11S. The van der Waals surface area contributed by atoms with E-state index in [1.165, 1.54) is 148 Å². The van der Waals surface area contributed by atoms with Gasteiger partial charge in [-0.2, -0.15) is 8.42 Å². The molecule has 1 amide bonds. The molecule has 6 N–H and O–H groups in total. The average Bonchev–Trinajstić information content (AvgIpc) is 3.19. The second-order valence-corrected chi connectivity index (χ2v) is 18.1. The van der Waals surface area contributed by atoms with Gasteiger partial charge in [0.05, 0.1) is 25.4 Å². The van der Waals surface area contributed by atoms with Crippen molar-refractivity contribution in [2.75, 3.05) is 13.2 Å². The number of nitrogens with one attached hydrogen (secondary N) is 1. The minimum absolute atomic E-state index is 0.227. The highest BCUT2D eigenvalue weighted by molar-refractivity contribution is 7.80. The lowest BCUT2D eigenvalue weighted by atomic mass is 9.99. The maximum atomic E-state index is 13.0. The van der Waals surface area contributed by atoms with E-state index in [4.69, 9.17) is 9.47 Å². The van der Waals surface area contributed by atoms with Crippen LogP contribution in [-0.4, -0.2) is 95.4 Å². The summed E-state index contributed by atoms with van der Waals surface area (Å²) in [5.74, 6) is -0.227. The van der Waals surface area contributed by atoms with Gasteiger partial charge in [0.25, 0.3) is 0 Å². The Kier molecular flexibility index (Phi) is 34.9. The Morgan fingerprint density at radius 1 is 0.621 bits per heavy atom. The summed E-state index contributed by atoms with van der Waals surface area (Å²) in [6.45, 7) is 3.44. The molecule has 12 nitrogen and oxygen atoms in total. The van der Waals surface area contributed by atoms with Crippen molar-refractivity contribution < 1.29 is 51.8 Å². The normalized spacial score (nSPS) is 21.0. The van der Waals surface area contributed by atoms with Gasteiger partial charge in [0, 0.05) is 6.42 Å². The number of ether oxygens (including phenoxy) is 2. The monoisotopic (exact) mass is 852 g/mol. The maximum Gasteiger partial charge on any atom is 0.397 e. The van der Waals surface area contributed by atoms with E-state index in [2.05, 4.69) is 23.3 Å². The number of carbonyl (C=O) groups is 1. The third-order valence-electron chi connectivity index (χ3n) is 11.7. The van der Waals surface area contributed by atoms with E-state index < -0.39 is 59.9 Å². The van der Waals surface area contributed by atoms with Crippen molar-refractivity contribution in [2.45, 2.75) is 269 Å². The fourth-order valence-electron chi connectivity index (χ4n) is 7.93. The molecule has 346 valence electrons. The Bertz CT molecular complexity index is 1050. The van der Waals surface area contributed by atoms with Gasteiger partial charge in [-0.1, -0.05) is 206 Å². The van der Waals surface area contributed by atoms with Crippen LogP contribution < -0.4 is 5.32 Å². The molecule has 0 radical (unpaired) electrons. The van der Waals surface area contributed by atoms with Crippen molar-refractivity contribution in [1.29, 1.82) is 0 Å². The van der Waals surface area contributed by atoms with Crippen LogP contribution in [0, 0.1) is 0 Å². The van der Waals surface area contributed by atoms with Crippen molar-refractivity contribution >= 4 is 16.3 Å². The predicted octanol–water partition coefficient (Wildman–Crippen LogP) is 9.39. The summed E-state index contributed by atoms with van der Waals surface area (Å²) in [5, 5.41) is 44.8. The topological polar surface area (TPSA) is 192 Å². The molecule has 0 aliphatic carbocycles. The highest BCUT2D eigenvalue weighted by atomic mass is 32.3. The van der Waals surface area contributed by atoms with Gasteiger partial charge in [0.15, 0.2) is 6.29 Å². The Labute approximate surface area is 354 Å². The third-order valence-corrected chi connectivity index (χ3v) is 12.1. The molecule has 7 unspecified atom stereocenters. The summed E-state index contributed by atoms with van der Waals surface area (Å²) >= 11 is 0. The Morgan fingerprint density at radius 2 is 1.00 bits per heavy atom. The quantitative estimate of drug-likeness (QED) is 0.0254. The second-order valence-electron chi connectivity index (χ2n) is 17.1. The first-order valence-corrected chi connectivity index (χ1v) is 25.3. The number of aliphatic hydroxyl groups excluding tert-OH is 4. The van der Waals surface area contributed by atoms with Crippen LogP contribution in [0.4, 0.5) is 0 Å². The summed E-state index contributed by atoms with van der Waals surface area (Å²) in [6, 6.07) is -0.850. The van der Waals surface area contributed by atoms with Gasteiger partial charge in [0.1, 0.15) is 24.4 Å². The largest absolute Gasteiger partial charge is 0.397 e. The molecular weight excluding hydrogens is 763 g/mol. The molecule has 1 aliphatic heterocycles. The number of hydrogen-bond donors (Lipinski definition) is 6. The van der Waals surface area contributed by atoms with Crippen LogP contribution in [0.3, 0.4) is 0 Å². The van der Waals surface area contributed by atoms with E-state index in [0.717, 1.165) is 51.4 Å². The molecule has 0 aromatic rings. The smallest absolute Gasteiger partial charge is 0.394 e. The fraction of sp³-hybridized carbons (Fsp3) is 0.978. The van der Waals surface area contributed by atoms with Crippen LogP contribution in [0.5, 0.6) is 0 Å². The number of hydrogen-bond acceptors (Lipinski definition) is 10. The van der Waals surface area contributed by atoms with Crippen molar-refractivity contribution in [3.63, 3.8) is 0 Å². The van der Waals surface area contributed by atoms with Crippen molar-refractivity contribution in [3.05, 3.63) is 0 Å². The molecule has 1 rings (SSSR count). The molecule has 1 heterocycles. The third kappa shape index (κ3) is 29.4.